The van der Waals surface area contributed by atoms with Crippen LogP contribution in [0.25, 0.3) is 0 Å². The van der Waals surface area contributed by atoms with Gasteiger partial charge in [-0.25, -0.2) is 0 Å². The van der Waals surface area contributed by atoms with Gasteiger partial charge in [0.2, 0.25) is 5.91 Å². The molecule has 0 atom stereocenters. The quantitative estimate of drug-likeness (QED) is 0.876. The molecule has 0 aliphatic carbocycles. The van der Waals surface area contributed by atoms with E-state index in [1.807, 2.05) is 12.1 Å². The van der Waals surface area contributed by atoms with Crippen LogP contribution in [0.15, 0.2) is 42.7 Å². The third kappa shape index (κ3) is 2.51. The van der Waals surface area contributed by atoms with Crippen molar-refractivity contribution in [3.05, 3.63) is 53.9 Å². The van der Waals surface area contributed by atoms with Crippen molar-refractivity contribution in [3.8, 4) is 0 Å². The van der Waals surface area contributed by atoms with Crippen LogP contribution in [0.5, 0.6) is 0 Å². The lowest BCUT2D eigenvalue weighted by Crippen LogP contribution is -2.19. The largest absolute Gasteiger partial charge is 0.326 e. The van der Waals surface area contributed by atoms with Crippen LogP contribution in [-0.2, 0) is 11.2 Å². The van der Waals surface area contributed by atoms with Crippen molar-refractivity contribution in [2.75, 3.05) is 10.6 Å². The molecule has 0 unspecified atom stereocenters. The first-order chi connectivity index (χ1) is 9.72. The van der Waals surface area contributed by atoms with E-state index in [4.69, 9.17) is 0 Å². The fraction of sp³-hybridized carbons (Fsp3) is 0.133. The summed E-state index contributed by atoms with van der Waals surface area (Å²) in [6.07, 6.45) is 4.32. The van der Waals surface area contributed by atoms with Crippen LogP contribution in [0.3, 0.4) is 0 Å². The molecule has 2 aromatic rings. The molecule has 0 radical (unpaired) electrons. The molecule has 1 aliphatic heterocycles. The fourth-order valence-corrected chi connectivity index (χ4v) is 2.16. The Labute approximate surface area is 116 Å². The number of hydrogen-bond donors (Lipinski definition) is 2. The SMILES string of the molecule is O=C1CCc2cc(NC(=O)c3cccnc3)ccc2N1. The van der Waals surface area contributed by atoms with Crippen molar-refractivity contribution < 1.29 is 9.59 Å². The van der Waals surface area contributed by atoms with E-state index >= 15 is 0 Å². The molecular weight excluding hydrogens is 254 g/mol. The van der Waals surface area contributed by atoms with Crippen molar-refractivity contribution in [1.29, 1.82) is 0 Å². The van der Waals surface area contributed by atoms with Crippen LogP contribution in [0.2, 0.25) is 0 Å². The van der Waals surface area contributed by atoms with Gasteiger partial charge in [-0.2, -0.15) is 0 Å². The van der Waals surface area contributed by atoms with Crippen LogP contribution in [0, 0.1) is 0 Å². The zero-order valence-electron chi connectivity index (χ0n) is 10.7. The van der Waals surface area contributed by atoms with Gasteiger partial charge in [-0.15, -0.1) is 0 Å². The Balaban J connectivity index is 1.79. The van der Waals surface area contributed by atoms with E-state index in [0.29, 0.717) is 24.1 Å². The topological polar surface area (TPSA) is 71.1 Å². The molecular formula is C15H13N3O2. The Morgan fingerprint density at radius 3 is 2.95 bits per heavy atom. The normalized spacial score (nSPS) is 13.3. The molecule has 0 saturated carbocycles. The second-order valence-electron chi connectivity index (χ2n) is 4.62. The Bertz CT molecular complexity index is 668. The van der Waals surface area contributed by atoms with Gasteiger partial charge in [-0.1, -0.05) is 0 Å². The average Bonchev–Trinajstić information content (AvgIpc) is 2.48. The minimum atomic E-state index is -0.196. The summed E-state index contributed by atoms with van der Waals surface area (Å²) in [7, 11) is 0. The smallest absolute Gasteiger partial charge is 0.257 e. The monoisotopic (exact) mass is 267 g/mol. The van der Waals surface area contributed by atoms with Crippen molar-refractivity contribution in [3.63, 3.8) is 0 Å². The zero-order chi connectivity index (χ0) is 13.9. The van der Waals surface area contributed by atoms with E-state index in [-0.39, 0.29) is 11.8 Å². The standard InChI is InChI=1S/C15H13N3O2/c19-14-6-3-10-8-12(4-5-13(10)18-14)17-15(20)11-2-1-7-16-9-11/h1-2,4-5,7-9H,3,6H2,(H,17,20)(H,18,19). The minimum Gasteiger partial charge on any atom is -0.326 e. The molecule has 2 amide bonds. The number of amides is 2. The molecule has 5 heteroatoms. The number of fused-ring (bicyclic) bond motifs is 1. The molecule has 0 saturated heterocycles. The lowest BCUT2D eigenvalue weighted by atomic mass is 10.0. The van der Waals surface area contributed by atoms with Gasteiger partial charge in [0.05, 0.1) is 5.56 Å². The Morgan fingerprint density at radius 1 is 1.25 bits per heavy atom. The van der Waals surface area contributed by atoms with Gasteiger partial charge in [0, 0.05) is 30.2 Å². The highest BCUT2D eigenvalue weighted by Crippen LogP contribution is 2.25. The Kier molecular flexibility index (Phi) is 3.16. The van der Waals surface area contributed by atoms with E-state index in [9.17, 15) is 9.59 Å². The maximum Gasteiger partial charge on any atom is 0.257 e. The molecule has 5 nitrogen and oxygen atoms in total. The van der Waals surface area contributed by atoms with Gasteiger partial charge in [-0.05, 0) is 42.3 Å². The Morgan fingerprint density at radius 2 is 2.15 bits per heavy atom. The van der Waals surface area contributed by atoms with Crippen molar-refractivity contribution in [2.24, 2.45) is 0 Å². The highest BCUT2D eigenvalue weighted by molar-refractivity contribution is 6.04. The van der Waals surface area contributed by atoms with E-state index in [1.54, 1.807) is 24.4 Å². The molecule has 3 rings (SSSR count). The van der Waals surface area contributed by atoms with Crippen LogP contribution < -0.4 is 10.6 Å². The van der Waals surface area contributed by atoms with Crippen molar-refractivity contribution >= 4 is 23.2 Å². The summed E-state index contributed by atoms with van der Waals surface area (Å²) in [5.41, 5.74) is 3.08. The molecule has 100 valence electrons. The first-order valence-electron chi connectivity index (χ1n) is 6.36. The summed E-state index contributed by atoms with van der Waals surface area (Å²) < 4.78 is 0. The van der Waals surface area contributed by atoms with Crippen LogP contribution in [0.4, 0.5) is 11.4 Å². The number of nitrogens with one attached hydrogen (secondary N) is 2. The zero-order valence-corrected chi connectivity index (χ0v) is 10.7. The molecule has 1 aromatic heterocycles. The van der Waals surface area contributed by atoms with Crippen LogP contribution in [-0.4, -0.2) is 16.8 Å². The minimum absolute atomic E-state index is 0.0321. The first-order valence-corrected chi connectivity index (χ1v) is 6.36. The van der Waals surface area contributed by atoms with E-state index in [2.05, 4.69) is 15.6 Å². The van der Waals surface area contributed by atoms with Gasteiger partial charge < -0.3 is 10.6 Å². The van der Waals surface area contributed by atoms with E-state index in [1.165, 1.54) is 6.20 Å². The number of benzene rings is 1. The van der Waals surface area contributed by atoms with Crippen molar-refractivity contribution in [1.82, 2.24) is 4.98 Å². The lowest BCUT2D eigenvalue weighted by Gasteiger charge is -2.17. The third-order valence-electron chi connectivity index (χ3n) is 3.18. The number of carbonyl (C=O) groups is 2. The molecule has 1 aliphatic rings. The summed E-state index contributed by atoms with van der Waals surface area (Å²) in [6, 6.07) is 8.91. The van der Waals surface area contributed by atoms with Crippen molar-refractivity contribution in [2.45, 2.75) is 12.8 Å². The first kappa shape index (κ1) is 12.3. The van der Waals surface area contributed by atoms with Gasteiger partial charge >= 0.3 is 0 Å². The number of nitrogens with zero attached hydrogens (tertiary/aromatic N) is 1. The number of aromatic nitrogens is 1. The molecule has 20 heavy (non-hydrogen) atoms. The number of aryl methyl sites for hydroxylation is 1. The van der Waals surface area contributed by atoms with Crippen LogP contribution >= 0.6 is 0 Å². The molecule has 2 heterocycles. The number of pyridine rings is 1. The Hall–Kier alpha value is -2.69. The molecule has 1 aromatic carbocycles. The molecule has 0 spiro atoms. The maximum absolute atomic E-state index is 12.0. The third-order valence-corrected chi connectivity index (χ3v) is 3.18. The second kappa shape index (κ2) is 5.13. The fourth-order valence-electron chi connectivity index (χ4n) is 2.16. The number of anilines is 2. The number of rotatable bonds is 2. The highest BCUT2D eigenvalue weighted by Gasteiger charge is 2.15. The summed E-state index contributed by atoms with van der Waals surface area (Å²) in [6.45, 7) is 0. The predicted molar refractivity (Wildman–Crippen MR) is 75.6 cm³/mol. The maximum atomic E-state index is 12.0. The summed E-state index contributed by atoms with van der Waals surface area (Å²) in [5.74, 6) is -0.164. The van der Waals surface area contributed by atoms with Crippen LogP contribution in [0.1, 0.15) is 22.3 Å². The second-order valence-corrected chi connectivity index (χ2v) is 4.62. The van der Waals surface area contributed by atoms with Gasteiger partial charge in [0.1, 0.15) is 0 Å². The molecule has 0 fully saturated rings. The number of hydrogen-bond acceptors (Lipinski definition) is 3. The highest BCUT2D eigenvalue weighted by atomic mass is 16.2. The lowest BCUT2D eigenvalue weighted by molar-refractivity contribution is -0.116. The summed E-state index contributed by atoms with van der Waals surface area (Å²) >= 11 is 0. The van der Waals surface area contributed by atoms with Gasteiger partial charge in [0.25, 0.3) is 5.91 Å². The predicted octanol–water partition coefficient (Wildman–Crippen LogP) is 2.22. The van der Waals surface area contributed by atoms with E-state index in [0.717, 1.165) is 11.3 Å². The van der Waals surface area contributed by atoms with Gasteiger partial charge in [-0.3, -0.25) is 14.6 Å². The molecule has 2 N–H and O–H groups in total. The van der Waals surface area contributed by atoms with E-state index < -0.39 is 0 Å². The average molecular weight is 267 g/mol. The van der Waals surface area contributed by atoms with Gasteiger partial charge in [0.15, 0.2) is 0 Å². The molecule has 0 bridgehead atoms. The number of carbonyl (C=O) groups excluding carboxylic acids is 2. The summed E-state index contributed by atoms with van der Waals surface area (Å²) in [5, 5.41) is 5.64. The summed E-state index contributed by atoms with van der Waals surface area (Å²) in [4.78, 5) is 27.2.